The fourth-order valence-electron chi connectivity index (χ4n) is 5.25. The van der Waals surface area contributed by atoms with E-state index in [1.165, 1.54) is 11.1 Å². The summed E-state index contributed by atoms with van der Waals surface area (Å²) in [4.78, 5) is 17.1. The van der Waals surface area contributed by atoms with Gasteiger partial charge >= 0.3 is 5.97 Å². The van der Waals surface area contributed by atoms with Gasteiger partial charge in [0.25, 0.3) is 0 Å². The molecule has 6 heteroatoms. The lowest BCUT2D eigenvalue weighted by Gasteiger charge is -2.36. The average Bonchev–Trinajstić information content (AvgIpc) is 3.05. The zero-order valence-corrected chi connectivity index (χ0v) is 19.1. The van der Waals surface area contributed by atoms with Gasteiger partial charge in [-0.15, -0.1) is 0 Å². The van der Waals surface area contributed by atoms with Gasteiger partial charge in [0.2, 0.25) is 0 Å². The van der Waals surface area contributed by atoms with E-state index in [4.69, 9.17) is 14.2 Å². The van der Waals surface area contributed by atoms with Gasteiger partial charge in [-0.1, -0.05) is 12.1 Å². The molecule has 168 valence electrons. The predicted molar refractivity (Wildman–Crippen MR) is 124 cm³/mol. The number of anilines is 1. The minimum Gasteiger partial charge on any atom is -0.493 e. The Kier molecular flexibility index (Phi) is 5.13. The van der Waals surface area contributed by atoms with Gasteiger partial charge in [-0.25, -0.2) is 4.79 Å². The Bertz CT molecular complexity index is 1060. The monoisotopic (exact) mass is 434 g/mol. The molecule has 2 aliphatic heterocycles. The molecular weight excluding hydrogens is 404 g/mol. The van der Waals surface area contributed by atoms with Crippen LogP contribution in [0.3, 0.4) is 0 Å². The van der Waals surface area contributed by atoms with Crippen LogP contribution in [0.5, 0.6) is 11.5 Å². The molecule has 2 heterocycles. The van der Waals surface area contributed by atoms with Crippen molar-refractivity contribution in [3.8, 4) is 11.5 Å². The van der Waals surface area contributed by atoms with Gasteiger partial charge in [0.05, 0.1) is 18.1 Å². The summed E-state index contributed by atoms with van der Waals surface area (Å²) in [5, 5.41) is 0. The van der Waals surface area contributed by atoms with E-state index in [2.05, 4.69) is 30.2 Å². The Morgan fingerprint density at radius 2 is 1.97 bits per heavy atom. The third-order valence-electron chi connectivity index (χ3n) is 7.01. The summed E-state index contributed by atoms with van der Waals surface area (Å²) in [7, 11) is 7.78. The van der Waals surface area contributed by atoms with E-state index in [0.717, 1.165) is 36.7 Å². The number of hydrogen-bond donors (Lipinski definition) is 0. The van der Waals surface area contributed by atoms with Gasteiger partial charge in [-0.05, 0) is 62.0 Å². The van der Waals surface area contributed by atoms with Crippen LogP contribution in [0, 0.1) is 0 Å². The number of methoxy groups -OCH3 is 1. The van der Waals surface area contributed by atoms with Crippen LogP contribution in [0.1, 0.15) is 34.3 Å². The van der Waals surface area contributed by atoms with Crippen LogP contribution in [0.2, 0.25) is 0 Å². The number of benzene rings is 2. The first-order valence-electron chi connectivity index (χ1n) is 11.1. The first kappa shape index (κ1) is 20.9. The van der Waals surface area contributed by atoms with Crippen LogP contribution in [-0.2, 0) is 16.7 Å². The molecule has 0 bridgehead atoms. The highest BCUT2D eigenvalue weighted by Gasteiger charge is 2.53. The van der Waals surface area contributed by atoms with Gasteiger partial charge in [0, 0.05) is 38.3 Å². The van der Waals surface area contributed by atoms with Crippen LogP contribution in [0.15, 0.2) is 48.6 Å². The zero-order chi connectivity index (χ0) is 22.5. The Balaban J connectivity index is 1.41. The highest BCUT2D eigenvalue weighted by atomic mass is 16.6. The number of carbonyl (C=O) groups is 1. The van der Waals surface area contributed by atoms with E-state index in [-0.39, 0.29) is 23.6 Å². The van der Waals surface area contributed by atoms with Gasteiger partial charge < -0.3 is 24.0 Å². The smallest absolute Gasteiger partial charge is 0.338 e. The SMILES string of the molecule is COc1ccc2c3c1OC1C[C@@H](OC(=O)c4ccc(N(C)C)cc4)C=C[C@@]31CCN(C)C2. The fourth-order valence-corrected chi connectivity index (χ4v) is 5.25. The fraction of sp³-hybridized carbons (Fsp3) is 0.423. The molecule has 0 N–H and O–H groups in total. The maximum atomic E-state index is 12.8. The van der Waals surface area contributed by atoms with E-state index in [0.29, 0.717) is 12.0 Å². The van der Waals surface area contributed by atoms with Crippen molar-refractivity contribution < 1.29 is 19.0 Å². The first-order valence-corrected chi connectivity index (χ1v) is 11.1. The number of rotatable bonds is 4. The Morgan fingerprint density at radius 1 is 1.19 bits per heavy atom. The van der Waals surface area contributed by atoms with Crippen molar-refractivity contribution in [2.24, 2.45) is 0 Å². The maximum Gasteiger partial charge on any atom is 0.338 e. The summed E-state index contributed by atoms with van der Waals surface area (Å²) in [6.45, 7) is 1.86. The molecule has 1 unspecified atom stereocenters. The van der Waals surface area contributed by atoms with Crippen LogP contribution in [0.25, 0.3) is 0 Å². The molecule has 1 aliphatic carbocycles. The molecule has 0 saturated carbocycles. The van der Waals surface area contributed by atoms with E-state index < -0.39 is 0 Å². The Morgan fingerprint density at radius 3 is 2.69 bits per heavy atom. The largest absolute Gasteiger partial charge is 0.493 e. The Labute approximate surface area is 189 Å². The second-order valence-electron chi connectivity index (χ2n) is 9.25. The van der Waals surface area contributed by atoms with Gasteiger partial charge in [-0.2, -0.15) is 0 Å². The van der Waals surface area contributed by atoms with E-state index in [1.807, 2.05) is 49.3 Å². The lowest BCUT2D eigenvalue weighted by atomic mass is 9.69. The first-order chi connectivity index (χ1) is 15.4. The molecule has 0 fully saturated rings. The predicted octanol–water partition coefficient (Wildman–Crippen LogP) is 3.78. The number of hydrogen-bond acceptors (Lipinski definition) is 6. The van der Waals surface area contributed by atoms with Crippen molar-refractivity contribution in [1.29, 1.82) is 0 Å². The molecule has 6 nitrogen and oxygen atoms in total. The third-order valence-corrected chi connectivity index (χ3v) is 7.01. The van der Waals surface area contributed by atoms with Gasteiger partial charge in [0.15, 0.2) is 11.5 Å². The average molecular weight is 435 g/mol. The van der Waals surface area contributed by atoms with Crippen molar-refractivity contribution >= 4 is 11.7 Å². The molecule has 0 aromatic heterocycles. The minimum absolute atomic E-state index is 0.0852. The highest BCUT2D eigenvalue weighted by molar-refractivity contribution is 5.90. The molecule has 32 heavy (non-hydrogen) atoms. The summed E-state index contributed by atoms with van der Waals surface area (Å²) >= 11 is 0. The molecule has 0 saturated heterocycles. The molecule has 0 radical (unpaired) electrons. The standard InChI is InChI=1S/C26H30N2O4/c1-27(2)19-8-5-17(6-9-19)25(29)31-20-11-12-26-13-14-28(3)16-18-7-10-21(30-4)24(23(18)26)32-22(26)15-20/h5-12,20,22H,13-16H2,1-4H3/t20-,22?,26-/m0/s1. The molecular formula is C26H30N2O4. The van der Waals surface area contributed by atoms with Crippen molar-refractivity contribution in [3.05, 3.63) is 65.2 Å². The van der Waals surface area contributed by atoms with Crippen molar-refractivity contribution in [3.63, 3.8) is 0 Å². The molecule has 0 amide bonds. The van der Waals surface area contributed by atoms with Crippen LogP contribution < -0.4 is 14.4 Å². The van der Waals surface area contributed by atoms with Crippen LogP contribution >= 0.6 is 0 Å². The number of esters is 1. The zero-order valence-electron chi connectivity index (χ0n) is 19.1. The Hall–Kier alpha value is -2.99. The summed E-state index contributed by atoms with van der Waals surface area (Å²) < 4.78 is 18.0. The normalized spacial score (nSPS) is 25.9. The number of carbonyl (C=O) groups excluding carboxylic acids is 1. The molecule has 2 aromatic carbocycles. The second-order valence-corrected chi connectivity index (χ2v) is 9.25. The van der Waals surface area contributed by atoms with E-state index in [9.17, 15) is 4.79 Å². The van der Waals surface area contributed by atoms with E-state index >= 15 is 0 Å². The van der Waals surface area contributed by atoms with Crippen molar-refractivity contribution in [1.82, 2.24) is 4.90 Å². The maximum absolute atomic E-state index is 12.8. The molecule has 3 aliphatic rings. The van der Waals surface area contributed by atoms with E-state index in [1.54, 1.807) is 7.11 Å². The topological polar surface area (TPSA) is 51.2 Å². The summed E-state index contributed by atoms with van der Waals surface area (Å²) in [5.74, 6) is 1.31. The minimum atomic E-state index is -0.323. The molecule has 2 aromatic rings. The highest BCUT2D eigenvalue weighted by Crippen LogP contribution is 2.55. The van der Waals surface area contributed by atoms with Gasteiger partial charge in [0.1, 0.15) is 12.2 Å². The summed E-state index contributed by atoms with van der Waals surface area (Å²) in [6.07, 6.45) is 5.45. The summed E-state index contributed by atoms with van der Waals surface area (Å²) in [6, 6.07) is 11.6. The summed E-state index contributed by atoms with van der Waals surface area (Å²) in [5.41, 5.74) is 3.91. The van der Waals surface area contributed by atoms with Crippen LogP contribution in [-0.4, -0.2) is 57.9 Å². The quantitative estimate of drug-likeness (QED) is 0.539. The molecule has 1 spiro atoms. The van der Waals surface area contributed by atoms with Crippen molar-refractivity contribution in [2.45, 2.75) is 37.0 Å². The lowest BCUT2D eigenvalue weighted by molar-refractivity contribution is 0.0218. The second kappa shape index (κ2) is 7.85. The lowest BCUT2D eigenvalue weighted by Crippen LogP contribution is -2.43. The van der Waals surface area contributed by atoms with Crippen molar-refractivity contribution in [2.75, 3.05) is 39.7 Å². The third kappa shape index (κ3) is 3.34. The number of nitrogens with zero attached hydrogens (tertiary/aromatic N) is 2. The molecule has 5 rings (SSSR count). The van der Waals surface area contributed by atoms with Gasteiger partial charge in [-0.3, -0.25) is 0 Å². The molecule has 3 atom stereocenters. The number of ether oxygens (including phenoxy) is 3. The van der Waals surface area contributed by atoms with Crippen LogP contribution in [0.4, 0.5) is 5.69 Å².